The van der Waals surface area contributed by atoms with Crippen LogP contribution in [-0.2, 0) is 9.84 Å². The Labute approximate surface area is 74.5 Å². The van der Waals surface area contributed by atoms with E-state index in [1.807, 2.05) is 0 Å². The molecular formula is C8H17NO2S. The van der Waals surface area contributed by atoms with Crippen molar-refractivity contribution < 1.29 is 8.42 Å². The maximum atomic E-state index is 10.8. The van der Waals surface area contributed by atoms with Crippen LogP contribution in [0, 0.1) is 5.92 Å². The number of hydrogen-bond donors (Lipinski definition) is 1. The van der Waals surface area contributed by atoms with Gasteiger partial charge in [0.15, 0.2) is 0 Å². The molecule has 1 aliphatic rings. The Morgan fingerprint density at radius 2 is 2.17 bits per heavy atom. The SMILES string of the molecule is CC1CNC(CCS(C)(=O)=O)C1. The van der Waals surface area contributed by atoms with Crippen molar-refractivity contribution in [2.75, 3.05) is 18.6 Å². The fourth-order valence-corrected chi connectivity index (χ4v) is 2.31. The molecule has 0 aromatic heterocycles. The first-order valence-electron chi connectivity index (χ1n) is 4.38. The van der Waals surface area contributed by atoms with Crippen LogP contribution in [0.25, 0.3) is 0 Å². The summed E-state index contributed by atoms with van der Waals surface area (Å²) in [7, 11) is -2.77. The Hall–Kier alpha value is -0.0900. The lowest BCUT2D eigenvalue weighted by Crippen LogP contribution is -2.24. The predicted octanol–water partition coefficient (Wildman–Crippen LogP) is 0.419. The van der Waals surface area contributed by atoms with Crippen molar-refractivity contribution >= 4 is 9.84 Å². The van der Waals surface area contributed by atoms with E-state index in [-0.39, 0.29) is 0 Å². The molecule has 2 unspecified atom stereocenters. The van der Waals surface area contributed by atoms with Crippen molar-refractivity contribution in [3.63, 3.8) is 0 Å². The maximum Gasteiger partial charge on any atom is 0.147 e. The number of rotatable bonds is 3. The number of nitrogens with one attached hydrogen (secondary N) is 1. The summed E-state index contributed by atoms with van der Waals surface area (Å²) in [5.41, 5.74) is 0. The molecule has 0 saturated carbocycles. The zero-order valence-corrected chi connectivity index (χ0v) is 8.52. The van der Waals surface area contributed by atoms with Gasteiger partial charge in [-0.1, -0.05) is 6.92 Å². The molecule has 72 valence electrons. The third-order valence-electron chi connectivity index (χ3n) is 2.28. The van der Waals surface area contributed by atoms with E-state index in [9.17, 15) is 8.42 Å². The van der Waals surface area contributed by atoms with Crippen LogP contribution >= 0.6 is 0 Å². The fraction of sp³-hybridized carbons (Fsp3) is 1.00. The second-order valence-electron chi connectivity index (χ2n) is 3.86. The lowest BCUT2D eigenvalue weighted by atomic mass is 10.1. The molecule has 1 rings (SSSR count). The highest BCUT2D eigenvalue weighted by atomic mass is 32.2. The predicted molar refractivity (Wildman–Crippen MR) is 49.9 cm³/mol. The molecule has 0 spiro atoms. The Balaban J connectivity index is 2.25. The van der Waals surface area contributed by atoms with Gasteiger partial charge in [-0.25, -0.2) is 8.42 Å². The molecule has 0 radical (unpaired) electrons. The third kappa shape index (κ3) is 3.54. The summed E-state index contributed by atoms with van der Waals surface area (Å²) in [6, 6.07) is 0.426. The second kappa shape index (κ2) is 3.75. The molecule has 0 bridgehead atoms. The summed E-state index contributed by atoms with van der Waals surface area (Å²) >= 11 is 0. The Bertz CT molecular complexity index is 235. The maximum absolute atomic E-state index is 10.8. The minimum absolute atomic E-state index is 0.317. The third-order valence-corrected chi connectivity index (χ3v) is 3.26. The van der Waals surface area contributed by atoms with Crippen molar-refractivity contribution in [1.29, 1.82) is 0 Å². The molecule has 1 N–H and O–H groups in total. The van der Waals surface area contributed by atoms with Gasteiger partial charge in [0.1, 0.15) is 9.84 Å². The van der Waals surface area contributed by atoms with E-state index in [0.717, 1.165) is 19.4 Å². The summed E-state index contributed by atoms with van der Waals surface area (Å²) in [6.45, 7) is 3.22. The van der Waals surface area contributed by atoms with Crippen molar-refractivity contribution in [3.05, 3.63) is 0 Å². The molecule has 0 aromatic rings. The summed E-state index contributed by atoms with van der Waals surface area (Å²) in [4.78, 5) is 0. The molecular weight excluding hydrogens is 174 g/mol. The van der Waals surface area contributed by atoms with Crippen LogP contribution in [-0.4, -0.2) is 33.0 Å². The van der Waals surface area contributed by atoms with E-state index >= 15 is 0 Å². The Morgan fingerprint density at radius 3 is 2.58 bits per heavy atom. The van der Waals surface area contributed by atoms with Gasteiger partial charge in [-0.3, -0.25) is 0 Å². The molecule has 0 aromatic carbocycles. The van der Waals surface area contributed by atoms with Gasteiger partial charge in [0.25, 0.3) is 0 Å². The molecule has 1 fully saturated rings. The lowest BCUT2D eigenvalue weighted by molar-refractivity contribution is 0.554. The van der Waals surface area contributed by atoms with E-state index in [0.29, 0.717) is 17.7 Å². The zero-order chi connectivity index (χ0) is 9.19. The van der Waals surface area contributed by atoms with Crippen molar-refractivity contribution in [1.82, 2.24) is 5.32 Å². The summed E-state index contributed by atoms with van der Waals surface area (Å²) < 4.78 is 21.7. The molecule has 12 heavy (non-hydrogen) atoms. The minimum Gasteiger partial charge on any atom is -0.314 e. The van der Waals surface area contributed by atoms with E-state index < -0.39 is 9.84 Å². The second-order valence-corrected chi connectivity index (χ2v) is 6.12. The molecule has 1 saturated heterocycles. The zero-order valence-electron chi connectivity index (χ0n) is 7.71. The summed E-state index contributed by atoms with van der Waals surface area (Å²) in [6.07, 6.45) is 3.18. The quantitative estimate of drug-likeness (QED) is 0.703. The number of sulfone groups is 1. The normalized spacial score (nSPS) is 30.8. The van der Waals surface area contributed by atoms with Crippen LogP contribution in [0.5, 0.6) is 0 Å². The average molecular weight is 191 g/mol. The standard InChI is InChI=1S/C8H17NO2S/c1-7-5-8(9-6-7)3-4-12(2,10)11/h7-9H,3-6H2,1-2H3. The van der Waals surface area contributed by atoms with Crippen LogP contribution in [0.2, 0.25) is 0 Å². The first kappa shape index (κ1) is 9.99. The lowest BCUT2D eigenvalue weighted by Gasteiger charge is -2.07. The first-order valence-corrected chi connectivity index (χ1v) is 6.44. The van der Waals surface area contributed by atoms with Gasteiger partial charge in [-0.2, -0.15) is 0 Å². The van der Waals surface area contributed by atoms with Crippen LogP contribution in [0.4, 0.5) is 0 Å². The fourth-order valence-electron chi connectivity index (χ4n) is 1.60. The summed E-state index contributed by atoms with van der Waals surface area (Å²) in [5, 5.41) is 3.31. The summed E-state index contributed by atoms with van der Waals surface area (Å²) in [5.74, 6) is 1.02. The molecule has 0 aliphatic carbocycles. The van der Waals surface area contributed by atoms with Crippen molar-refractivity contribution in [2.24, 2.45) is 5.92 Å². The van der Waals surface area contributed by atoms with Gasteiger partial charge in [0.05, 0.1) is 5.75 Å². The average Bonchev–Trinajstić information content (AvgIpc) is 2.30. The van der Waals surface area contributed by atoms with Gasteiger partial charge in [0, 0.05) is 12.3 Å². The van der Waals surface area contributed by atoms with Gasteiger partial charge in [0.2, 0.25) is 0 Å². The smallest absolute Gasteiger partial charge is 0.147 e. The topological polar surface area (TPSA) is 46.2 Å². The van der Waals surface area contributed by atoms with Gasteiger partial charge in [-0.05, 0) is 25.3 Å². The largest absolute Gasteiger partial charge is 0.314 e. The Kier molecular flexibility index (Phi) is 3.12. The van der Waals surface area contributed by atoms with E-state index in [1.54, 1.807) is 0 Å². The van der Waals surface area contributed by atoms with Gasteiger partial charge >= 0.3 is 0 Å². The monoisotopic (exact) mass is 191 g/mol. The highest BCUT2D eigenvalue weighted by Crippen LogP contribution is 2.15. The van der Waals surface area contributed by atoms with E-state index in [4.69, 9.17) is 0 Å². The van der Waals surface area contributed by atoms with Crippen LogP contribution in [0.3, 0.4) is 0 Å². The van der Waals surface area contributed by atoms with Crippen LogP contribution in [0.1, 0.15) is 19.8 Å². The van der Waals surface area contributed by atoms with Gasteiger partial charge < -0.3 is 5.32 Å². The molecule has 1 heterocycles. The first-order chi connectivity index (χ1) is 5.47. The number of hydrogen-bond acceptors (Lipinski definition) is 3. The molecule has 3 nitrogen and oxygen atoms in total. The highest BCUT2D eigenvalue weighted by molar-refractivity contribution is 7.90. The highest BCUT2D eigenvalue weighted by Gasteiger charge is 2.21. The van der Waals surface area contributed by atoms with Gasteiger partial charge in [-0.15, -0.1) is 0 Å². The molecule has 1 aliphatic heterocycles. The Morgan fingerprint density at radius 1 is 1.50 bits per heavy atom. The van der Waals surface area contributed by atoms with Crippen molar-refractivity contribution in [3.8, 4) is 0 Å². The van der Waals surface area contributed by atoms with E-state index in [1.165, 1.54) is 6.26 Å². The van der Waals surface area contributed by atoms with E-state index in [2.05, 4.69) is 12.2 Å². The molecule has 0 amide bonds. The van der Waals surface area contributed by atoms with Crippen molar-refractivity contribution in [2.45, 2.75) is 25.8 Å². The van der Waals surface area contributed by atoms with Crippen LogP contribution < -0.4 is 5.32 Å². The van der Waals surface area contributed by atoms with Crippen LogP contribution in [0.15, 0.2) is 0 Å². The minimum atomic E-state index is -2.77. The molecule has 4 heteroatoms. The molecule has 2 atom stereocenters.